The molecule has 0 amide bonds. The average molecular weight is 247 g/mol. The molecule has 1 aromatic rings. The van der Waals surface area contributed by atoms with Gasteiger partial charge >= 0.3 is 0 Å². The van der Waals surface area contributed by atoms with Crippen molar-refractivity contribution in [3.63, 3.8) is 0 Å². The summed E-state index contributed by atoms with van der Waals surface area (Å²) >= 11 is 2.02. The molecule has 1 aromatic carbocycles. The van der Waals surface area contributed by atoms with Gasteiger partial charge in [0.15, 0.2) is 5.96 Å². The van der Waals surface area contributed by atoms with Crippen molar-refractivity contribution < 1.29 is 0 Å². The third-order valence-corrected chi connectivity index (χ3v) is 4.87. The van der Waals surface area contributed by atoms with E-state index in [1.165, 1.54) is 24.3 Å². The van der Waals surface area contributed by atoms with Crippen LogP contribution in [0.3, 0.4) is 0 Å². The van der Waals surface area contributed by atoms with Crippen molar-refractivity contribution >= 4 is 23.4 Å². The number of guanidine groups is 1. The van der Waals surface area contributed by atoms with E-state index < -0.39 is 0 Å². The molecule has 2 heterocycles. The highest BCUT2D eigenvalue weighted by Crippen LogP contribution is 2.38. The molecule has 2 N–H and O–H groups in total. The van der Waals surface area contributed by atoms with Gasteiger partial charge in [-0.3, -0.25) is 4.99 Å². The van der Waals surface area contributed by atoms with Gasteiger partial charge in [-0.2, -0.15) is 11.8 Å². The molecule has 0 radical (unpaired) electrons. The van der Waals surface area contributed by atoms with Crippen molar-refractivity contribution in [3.8, 4) is 0 Å². The van der Waals surface area contributed by atoms with E-state index in [1.54, 1.807) is 0 Å². The van der Waals surface area contributed by atoms with Crippen molar-refractivity contribution in [2.75, 3.05) is 23.0 Å². The van der Waals surface area contributed by atoms with Crippen LogP contribution in [0.1, 0.15) is 12.8 Å². The summed E-state index contributed by atoms with van der Waals surface area (Å²) in [5.41, 5.74) is 7.39. The zero-order valence-electron chi connectivity index (χ0n) is 9.80. The van der Waals surface area contributed by atoms with E-state index in [0.717, 1.165) is 12.3 Å². The molecule has 0 aromatic heterocycles. The number of benzene rings is 1. The fraction of sp³-hybridized carbons (Fsp3) is 0.462. The number of nitrogens with zero attached hydrogens (tertiary/aromatic N) is 2. The Hall–Kier alpha value is -1.16. The third-order valence-electron chi connectivity index (χ3n) is 3.55. The van der Waals surface area contributed by atoms with Crippen LogP contribution in [0, 0.1) is 0 Å². The molecule has 1 saturated heterocycles. The fourth-order valence-corrected chi connectivity index (χ4v) is 3.97. The highest BCUT2D eigenvalue weighted by atomic mass is 32.2. The lowest BCUT2D eigenvalue weighted by Gasteiger charge is -2.41. The number of para-hydroxylation sites is 1. The van der Waals surface area contributed by atoms with Gasteiger partial charge in [0.25, 0.3) is 0 Å². The van der Waals surface area contributed by atoms with E-state index in [-0.39, 0.29) is 5.54 Å². The highest BCUT2D eigenvalue weighted by Gasteiger charge is 2.43. The lowest BCUT2D eigenvalue weighted by molar-refractivity contribution is 0.457. The van der Waals surface area contributed by atoms with Gasteiger partial charge in [-0.25, -0.2) is 0 Å². The Kier molecular flexibility index (Phi) is 2.74. The van der Waals surface area contributed by atoms with Gasteiger partial charge in [0.2, 0.25) is 0 Å². The van der Waals surface area contributed by atoms with E-state index >= 15 is 0 Å². The van der Waals surface area contributed by atoms with Crippen LogP contribution in [-0.2, 0) is 0 Å². The van der Waals surface area contributed by atoms with Crippen LogP contribution in [0.2, 0.25) is 0 Å². The van der Waals surface area contributed by atoms with E-state index in [1.807, 2.05) is 17.8 Å². The molecule has 1 spiro atoms. The van der Waals surface area contributed by atoms with Gasteiger partial charge in [-0.1, -0.05) is 18.2 Å². The lowest BCUT2D eigenvalue weighted by atomic mass is 9.94. The summed E-state index contributed by atoms with van der Waals surface area (Å²) in [5.74, 6) is 3.08. The minimum absolute atomic E-state index is 0.133. The maximum absolute atomic E-state index is 6.08. The second kappa shape index (κ2) is 4.26. The molecule has 17 heavy (non-hydrogen) atoms. The smallest absolute Gasteiger partial charge is 0.196 e. The monoisotopic (exact) mass is 247 g/mol. The van der Waals surface area contributed by atoms with Gasteiger partial charge in [0.05, 0.1) is 12.1 Å². The van der Waals surface area contributed by atoms with Crippen molar-refractivity contribution in [1.29, 1.82) is 0 Å². The predicted octanol–water partition coefficient (Wildman–Crippen LogP) is 2.09. The number of aliphatic imine (C=N–C) groups is 1. The maximum atomic E-state index is 6.08. The minimum Gasteiger partial charge on any atom is -0.369 e. The maximum Gasteiger partial charge on any atom is 0.196 e. The summed E-state index contributed by atoms with van der Waals surface area (Å²) in [5, 5.41) is 0. The first-order chi connectivity index (χ1) is 8.32. The number of hydrogen-bond acceptors (Lipinski definition) is 4. The summed E-state index contributed by atoms with van der Waals surface area (Å²) in [6, 6.07) is 10.4. The molecule has 90 valence electrons. The van der Waals surface area contributed by atoms with Crippen LogP contribution in [-0.4, -0.2) is 29.5 Å². The van der Waals surface area contributed by atoms with Crippen molar-refractivity contribution in [1.82, 2.24) is 0 Å². The summed E-state index contributed by atoms with van der Waals surface area (Å²) < 4.78 is 0. The quantitative estimate of drug-likeness (QED) is 0.826. The largest absolute Gasteiger partial charge is 0.369 e. The number of nitrogens with two attached hydrogens (primary N) is 1. The Morgan fingerprint density at radius 3 is 2.82 bits per heavy atom. The van der Waals surface area contributed by atoms with Gasteiger partial charge in [0.1, 0.15) is 0 Å². The van der Waals surface area contributed by atoms with E-state index in [0.29, 0.717) is 5.96 Å². The van der Waals surface area contributed by atoms with Gasteiger partial charge in [0, 0.05) is 11.4 Å². The Morgan fingerprint density at radius 1 is 1.29 bits per heavy atom. The Labute approximate surface area is 106 Å². The summed E-state index contributed by atoms with van der Waals surface area (Å²) in [4.78, 5) is 6.73. The SMILES string of the molecule is NC1=NCC2(CCCSC2)N1c1ccccc1. The lowest BCUT2D eigenvalue weighted by Crippen LogP contribution is -2.55. The molecule has 3 nitrogen and oxygen atoms in total. The average Bonchev–Trinajstić information content (AvgIpc) is 2.68. The number of thioether (sulfide) groups is 1. The highest BCUT2D eigenvalue weighted by molar-refractivity contribution is 7.99. The van der Waals surface area contributed by atoms with Crippen LogP contribution < -0.4 is 10.6 Å². The van der Waals surface area contributed by atoms with Crippen LogP contribution in [0.15, 0.2) is 35.3 Å². The van der Waals surface area contributed by atoms with E-state index in [9.17, 15) is 0 Å². The first kappa shape index (κ1) is 11.0. The second-order valence-corrected chi connectivity index (χ2v) is 5.83. The first-order valence-electron chi connectivity index (χ1n) is 6.05. The molecule has 0 bridgehead atoms. The molecular formula is C13H17N3S. The Balaban J connectivity index is 1.96. The number of hydrogen-bond donors (Lipinski definition) is 1. The molecule has 4 heteroatoms. The fourth-order valence-electron chi connectivity index (χ4n) is 2.73. The van der Waals surface area contributed by atoms with Gasteiger partial charge in [-0.15, -0.1) is 0 Å². The molecule has 0 saturated carbocycles. The van der Waals surface area contributed by atoms with Crippen molar-refractivity contribution in [2.24, 2.45) is 10.7 Å². The van der Waals surface area contributed by atoms with Crippen molar-refractivity contribution in [2.45, 2.75) is 18.4 Å². The summed E-state index contributed by atoms with van der Waals surface area (Å²) in [6.45, 7) is 0.848. The molecule has 2 aliphatic rings. The van der Waals surface area contributed by atoms with Crippen LogP contribution >= 0.6 is 11.8 Å². The number of anilines is 1. The second-order valence-electron chi connectivity index (χ2n) is 4.73. The normalized spacial score (nSPS) is 28.5. The number of rotatable bonds is 1. The molecule has 3 rings (SSSR count). The van der Waals surface area contributed by atoms with Crippen LogP contribution in [0.4, 0.5) is 5.69 Å². The van der Waals surface area contributed by atoms with E-state index in [2.05, 4.69) is 34.2 Å². The van der Waals surface area contributed by atoms with E-state index in [4.69, 9.17) is 5.73 Å². The zero-order chi connectivity index (χ0) is 11.7. The summed E-state index contributed by atoms with van der Waals surface area (Å²) in [6.07, 6.45) is 2.45. The standard InChI is InChI=1S/C13H17N3S/c14-12-15-9-13(7-4-8-17-10-13)16(12)11-5-2-1-3-6-11/h1-3,5-6H,4,7-10H2,(H2,14,15). The van der Waals surface area contributed by atoms with Gasteiger partial charge < -0.3 is 10.6 Å². The Morgan fingerprint density at radius 2 is 2.12 bits per heavy atom. The molecule has 1 unspecified atom stereocenters. The molecule has 1 atom stereocenters. The summed E-state index contributed by atoms with van der Waals surface area (Å²) in [7, 11) is 0. The Bertz CT molecular complexity index is 424. The molecular weight excluding hydrogens is 230 g/mol. The minimum atomic E-state index is 0.133. The van der Waals surface area contributed by atoms with Crippen LogP contribution in [0.25, 0.3) is 0 Å². The molecule has 0 aliphatic carbocycles. The zero-order valence-corrected chi connectivity index (χ0v) is 10.6. The topological polar surface area (TPSA) is 41.6 Å². The van der Waals surface area contributed by atoms with Crippen molar-refractivity contribution in [3.05, 3.63) is 30.3 Å². The predicted molar refractivity (Wildman–Crippen MR) is 74.7 cm³/mol. The third kappa shape index (κ3) is 1.80. The van der Waals surface area contributed by atoms with Crippen LogP contribution in [0.5, 0.6) is 0 Å². The van der Waals surface area contributed by atoms with Gasteiger partial charge in [-0.05, 0) is 30.7 Å². The molecule has 2 aliphatic heterocycles. The first-order valence-corrected chi connectivity index (χ1v) is 7.20. The molecule has 1 fully saturated rings.